The van der Waals surface area contributed by atoms with Crippen LogP contribution >= 0.6 is 22.9 Å². The van der Waals surface area contributed by atoms with Crippen LogP contribution in [-0.4, -0.2) is 0 Å². The lowest BCUT2D eigenvalue weighted by molar-refractivity contribution is -0.137. The molecule has 1 nitrogen and oxygen atoms in total. The first kappa shape index (κ1) is 14.7. The molecule has 21 heavy (non-hydrogen) atoms. The molecule has 1 aromatic carbocycles. The number of alkyl halides is 3. The summed E-state index contributed by atoms with van der Waals surface area (Å²) >= 11 is 7.64. The number of rotatable bonds is 2. The zero-order valence-corrected chi connectivity index (χ0v) is 12.6. The highest BCUT2D eigenvalue weighted by atomic mass is 35.5. The van der Waals surface area contributed by atoms with E-state index in [1.165, 1.54) is 22.6 Å². The first-order chi connectivity index (χ1) is 9.93. The normalized spacial score (nSPS) is 18.4. The number of nitrogens with one attached hydrogen (secondary N) is 1. The van der Waals surface area contributed by atoms with Crippen molar-refractivity contribution in [1.82, 2.24) is 0 Å². The van der Waals surface area contributed by atoms with Crippen molar-refractivity contribution >= 4 is 28.6 Å². The van der Waals surface area contributed by atoms with Crippen molar-refractivity contribution in [3.05, 3.63) is 50.7 Å². The minimum Gasteiger partial charge on any atom is -0.378 e. The number of aryl methyl sites for hydroxylation is 1. The van der Waals surface area contributed by atoms with Gasteiger partial charge in [-0.2, -0.15) is 13.2 Å². The molecule has 1 atom stereocenters. The zero-order valence-electron chi connectivity index (χ0n) is 11.0. The monoisotopic (exact) mass is 331 g/mol. The first-order valence-corrected chi connectivity index (χ1v) is 7.85. The van der Waals surface area contributed by atoms with Crippen LogP contribution < -0.4 is 5.32 Å². The van der Waals surface area contributed by atoms with Gasteiger partial charge in [0.25, 0.3) is 0 Å². The molecule has 0 amide bonds. The maximum absolute atomic E-state index is 12.5. The number of hydrogen-bond acceptors (Lipinski definition) is 2. The zero-order chi connectivity index (χ0) is 15.0. The largest absolute Gasteiger partial charge is 0.416 e. The standard InChI is InChI=1S/C15H13ClF3NS/c16-14-8-11-12(2-1-3-13(11)21-14)20-10-6-4-9(5-7-10)15(17,18)19/h4-8,12,20H,1-3H2. The predicted octanol–water partition coefficient (Wildman–Crippen LogP) is 5.91. The fraction of sp³-hybridized carbons (Fsp3) is 0.333. The third kappa shape index (κ3) is 3.19. The molecule has 6 heteroatoms. The van der Waals surface area contributed by atoms with E-state index in [2.05, 4.69) is 5.32 Å². The smallest absolute Gasteiger partial charge is 0.378 e. The minimum atomic E-state index is -4.29. The van der Waals surface area contributed by atoms with Gasteiger partial charge in [-0.1, -0.05) is 11.6 Å². The van der Waals surface area contributed by atoms with Crippen LogP contribution in [-0.2, 0) is 12.6 Å². The van der Waals surface area contributed by atoms with Crippen LogP contribution in [0.15, 0.2) is 30.3 Å². The average molecular weight is 332 g/mol. The average Bonchev–Trinajstić information content (AvgIpc) is 2.80. The van der Waals surface area contributed by atoms with E-state index in [9.17, 15) is 13.2 Å². The summed E-state index contributed by atoms with van der Waals surface area (Å²) < 4.78 is 38.4. The molecule has 0 spiro atoms. The Hall–Kier alpha value is -1.20. The van der Waals surface area contributed by atoms with Crippen LogP contribution in [0.4, 0.5) is 18.9 Å². The highest BCUT2D eigenvalue weighted by molar-refractivity contribution is 7.16. The molecular weight excluding hydrogens is 319 g/mol. The van der Waals surface area contributed by atoms with Crippen molar-refractivity contribution in [2.75, 3.05) is 5.32 Å². The van der Waals surface area contributed by atoms with Crippen molar-refractivity contribution in [3.8, 4) is 0 Å². The van der Waals surface area contributed by atoms with Crippen molar-refractivity contribution < 1.29 is 13.2 Å². The molecule has 2 aromatic rings. The SMILES string of the molecule is FC(F)(F)c1ccc(NC2CCCc3sc(Cl)cc32)cc1. The summed E-state index contributed by atoms with van der Waals surface area (Å²) in [5.41, 5.74) is 1.25. The summed E-state index contributed by atoms with van der Waals surface area (Å²) in [5.74, 6) is 0. The molecule has 1 aromatic heterocycles. The van der Waals surface area contributed by atoms with E-state index >= 15 is 0 Å². The highest BCUT2D eigenvalue weighted by Gasteiger charge is 2.30. The lowest BCUT2D eigenvalue weighted by Gasteiger charge is -2.24. The summed E-state index contributed by atoms with van der Waals surface area (Å²) in [5, 5.41) is 3.31. The quantitative estimate of drug-likeness (QED) is 0.721. The molecular formula is C15H13ClF3NS. The lowest BCUT2D eigenvalue weighted by Crippen LogP contribution is -2.15. The Morgan fingerprint density at radius 1 is 1.19 bits per heavy atom. The Kier molecular flexibility index (Phi) is 3.88. The van der Waals surface area contributed by atoms with Gasteiger partial charge in [0.15, 0.2) is 0 Å². The van der Waals surface area contributed by atoms with Gasteiger partial charge >= 0.3 is 6.18 Å². The molecule has 0 radical (unpaired) electrons. The van der Waals surface area contributed by atoms with Crippen molar-refractivity contribution in [2.24, 2.45) is 0 Å². The van der Waals surface area contributed by atoms with E-state index in [0.717, 1.165) is 35.7 Å². The van der Waals surface area contributed by atoms with E-state index in [4.69, 9.17) is 11.6 Å². The van der Waals surface area contributed by atoms with E-state index in [-0.39, 0.29) is 6.04 Å². The van der Waals surface area contributed by atoms with E-state index in [1.807, 2.05) is 6.07 Å². The molecule has 0 aliphatic heterocycles. The second-order valence-corrected chi connectivity index (χ2v) is 6.86. The van der Waals surface area contributed by atoms with Crippen LogP contribution in [0.5, 0.6) is 0 Å². The van der Waals surface area contributed by atoms with Crippen molar-refractivity contribution in [3.63, 3.8) is 0 Å². The van der Waals surface area contributed by atoms with Gasteiger partial charge in [-0.05, 0) is 55.2 Å². The first-order valence-electron chi connectivity index (χ1n) is 6.65. The molecule has 1 aliphatic carbocycles. The Labute approximate surface area is 129 Å². The highest BCUT2D eigenvalue weighted by Crippen LogP contribution is 2.39. The summed E-state index contributed by atoms with van der Waals surface area (Å²) in [6.07, 6.45) is -1.25. The molecule has 0 fully saturated rings. The van der Waals surface area contributed by atoms with Gasteiger partial charge in [0, 0.05) is 10.6 Å². The topological polar surface area (TPSA) is 12.0 Å². The van der Waals surface area contributed by atoms with Gasteiger partial charge in [-0.25, -0.2) is 0 Å². The minimum absolute atomic E-state index is 0.120. The number of fused-ring (bicyclic) bond motifs is 1. The van der Waals surface area contributed by atoms with Gasteiger partial charge in [-0.3, -0.25) is 0 Å². The van der Waals surface area contributed by atoms with Crippen LogP contribution in [0, 0.1) is 0 Å². The van der Waals surface area contributed by atoms with Gasteiger partial charge in [0.2, 0.25) is 0 Å². The summed E-state index contributed by atoms with van der Waals surface area (Å²) in [6.45, 7) is 0. The Balaban J connectivity index is 1.78. The van der Waals surface area contributed by atoms with E-state index < -0.39 is 11.7 Å². The van der Waals surface area contributed by atoms with Crippen LogP contribution in [0.25, 0.3) is 0 Å². The molecule has 0 bridgehead atoms. The van der Waals surface area contributed by atoms with Crippen LogP contribution in [0.2, 0.25) is 4.34 Å². The second kappa shape index (κ2) is 5.54. The number of benzene rings is 1. The number of hydrogen-bond donors (Lipinski definition) is 1. The molecule has 0 saturated heterocycles. The van der Waals surface area contributed by atoms with E-state index in [0.29, 0.717) is 5.69 Å². The fourth-order valence-corrected chi connectivity index (χ4v) is 4.01. The molecule has 112 valence electrons. The number of halogens is 4. The maximum atomic E-state index is 12.5. The Morgan fingerprint density at radius 2 is 1.90 bits per heavy atom. The van der Waals surface area contributed by atoms with Gasteiger partial charge < -0.3 is 5.32 Å². The summed E-state index contributed by atoms with van der Waals surface area (Å²) in [7, 11) is 0. The maximum Gasteiger partial charge on any atom is 0.416 e. The summed E-state index contributed by atoms with van der Waals surface area (Å²) in [4.78, 5) is 1.27. The van der Waals surface area contributed by atoms with Crippen LogP contribution in [0.1, 0.15) is 34.9 Å². The van der Waals surface area contributed by atoms with Gasteiger partial charge in [0.1, 0.15) is 0 Å². The molecule has 0 saturated carbocycles. The van der Waals surface area contributed by atoms with Crippen molar-refractivity contribution in [1.29, 1.82) is 0 Å². The molecule has 1 heterocycles. The molecule has 1 aliphatic rings. The number of thiophene rings is 1. The van der Waals surface area contributed by atoms with Gasteiger partial charge in [0.05, 0.1) is 15.9 Å². The van der Waals surface area contributed by atoms with E-state index in [1.54, 1.807) is 11.3 Å². The number of anilines is 1. The second-order valence-electron chi connectivity index (χ2n) is 5.09. The Bertz CT molecular complexity index is 633. The lowest BCUT2D eigenvalue weighted by atomic mass is 9.94. The molecule has 3 rings (SSSR count). The third-order valence-corrected chi connectivity index (χ3v) is 4.98. The van der Waals surface area contributed by atoms with Gasteiger partial charge in [-0.15, -0.1) is 11.3 Å². The molecule has 1 unspecified atom stereocenters. The predicted molar refractivity (Wildman–Crippen MR) is 80.1 cm³/mol. The van der Waals surface area contributed by atoms with Crippen molar-refractivity contribution in [2.45, 2.75) is 31.5 Å². The van der Waals surface area contributed by atoms with Crippen LogP contribution in [0.3, 0.4) is 0 Å². The fourth-order valence-electron chi connectivity index (χ4n) is 2.63. The third-order valence-electron chi connectivity index (χ3n) is 3.64. The molecule has 1 N–H and O–H groups in total. The summed E-state index contributed by atoms with van der Waals surface area (Å²) in [6, 6.07) is 7.24. The Morgan fingerprint density at radius 3 is 2.57 bits per heavy atom.